The van der Waals surface area contributed by atoms with Gasteiger partial charge in [-0.3, -0.25) is 9.40 Å². The van der Waals surface area contributed by atoms with Gasteiger partial charge in [0.1, 0.15) is 16.9 Å². The summed E-state index contributed by atoms with van der Waals surface area (Å²) < 4.78 is 68.6. The molecule has 0 saturated heterocycles. The van der Waals surface area contributed by atoms with E-state index in [2.05, 4.69) is 15.0 Å². The predicted octanol–water partition coefficient (Wildman–Crippen LogP) is 4.09. The molecular formula is C24H25FN4O6S. The van der Waals surface area contributed by atoms with Gasteiger partial charge in [0.15, 0.2) is 27.9 Å². The summed E-state index contributed by atoms with van der Waals surface area (Å²) in [6.45, 7) is 4.50. The highest BCUT2D eigenvalue weighted by Gasteiger charge is 2.37. The first-order valence-corrected chi connectivity index (χ1v) is 12.6. The molecule has 1 aliphatic rings. The van der Waals surface area contributed by atoms with Crippen molar-refractivity contribution in [2.24, 2.45) is 0 Å². The summed E-state index contributed by atoms with van der Waals surface area (Å²) >= 11 is 0. The van der Waals surface area contributed by atoms with Gasteiger partial charge in [0.05, 0.1) is 27.4 Å². The summed E-state index contributed by atoms with van der Waals surface area (Å²) in [7, 11) is -1.65. The van der Waals surface area contributed by atoms with Crippen LogP contribution in [0.4, 0.5) is 10.2 Å². The molecule has 36 heavy (non-hydrogen) atoms. The second kappa shape index (κ2) is 8.70. The molecule has 12 heteroatoms. The molecule has 0 amide bonds. The number of benzene rings is 2. The Morgan fingerprint density at radius 1 is 1.25 bits per heavy atom. The number of nitrogens with zero attached hydrogens (tertiary/aromatic N) is 3. The second-order valence-electron chi connectivity index (χ2n) is 9.05. The Kier molecular flexibility index (Phi) is 5.78. The molecule has 0 aliphatic carbocycles. The standard InChI is InChI=1S/C24H25FN4O6S/c1-24(2)8-11-34-20-15(24)6-7-16(32-3)22(20)36(30,31)28-23-18-17(35-27-23)12-14(19(25)21(18)33-4)13-29-10-5-9-26-29/h5-7,9-10,12H,8,11,13H2,1-4H3,(H,27,28). The molecule has 0 fully saturated rings. The van der Waals surface area contributed by atoms with Crippen molar-refractivity contribution in [1.82, 2.24) is 14.9 Å². The lowest BCUT2D eigenvalue weighted by molar-refractivity contribution is 0.225. The van der Waals surface area contributed by atoms with E-state index in [0.717, 1.165) is 12.0 Å². The minimum atomic E-state index is -4.31. The zero-order chi connectivity index (χ0) is 25.7. The van der Waals surface area contributed by atoms with E-state index in [-0.39, 0.29) is 56.5 Å². The third kappa shape index (κ3) is 3.91. The maximum atomic E-state index is 15.4. The van der Waals surface area contributed by atoms with E-state index in [4.69, 9.17) is 18.7 Å². The van der Waals surface area contributed by atoms with Gasteiger partial charge in [-0.1, -0.05) is 25.1 Å². The Bertz CT molecular complexity index is 1550. The smallest absolute Gasteiger partial charge is 0.270 e. The van der Waals surface area contributed by atoms with Gasteiger partial charge in [-0.25, -0.2) is 12.8 Å². The van der Waals surface area contributed by atoms with Gasteiger partial charge in [-0.2, -0.15) is 5.10 Å². The van der Waals surface area contributed by atoms with Gasteiger partial charge in [0.2, 0.25) is 0 Å². The van der Waals surface area contributed by atoms with Crippen LogP contribution in [0, 0.1) is 5.82 Å². The topological polar surface area (TPSA) is 118 Å². The molecule has 190 valence electrons. The van der Waals surface area contributed by atoms with E-state index in [9.17, 15) is 8.42 Å². The molecule has 0 radical (unpaired) electrons. The van der Waals surface area contributed by atoms with Gasteiger partial charge in [0.25, 0.3) is 10.0 Å². The third-order valence-corrected chi connectivity index (χ3v) is 7.71. The van der Waals surface area contributed by atoms with Crippen LogP contribution < -0.4 is 18.9 Å². The molecule has 2 aromatic heterocycles. The van der Waals surface area contributed by atoms with Gasteiger partial charge in [-0.15, -0.1) is 0 Å². The zero-order valence-electron chi connectivity index (χ0n) is 20.2. The molecule has 2 aromatic carbocycles. The number of methoxy groups -OCH3 is 2. The van der Waals surface area contributed by atoms with Crippen LogP contribution in [0.25, 0.3) is 11.0 Å². The first kappa shape index (κ1) is 23.9. The summed E-state index contributed by atoms with van der Waals surface area (Å²) in [6.07, 6.45) is 3.99. The van der Waals surface area contributed by atoms with Crippen LogP contribution >= 0.6 is 0 Å². The minimum absolute atomic E-state index is 0.0489. The number of anilines is 1. The number of nitrogens with one attached hydrogen (secondary N) is 1. The quantitative estimate of drug-likeness (QED) is 0.390. The Morgan fingerprint density at radius 2 is 2.06 bits per heavy atom. The molecular weight excluding hydrogens is 491 g/mol. The highest BCUT2D eigenvalue weighted by atomic mass is 32.2. The fourth-order valence-electron chi connectivity index (χ4n) is 4.40. The molecule has 0 saturated carbocycles. The van der Waals surface area contributed by atoms with E-state index in [1.165, 1.54) is 25.0 Å². The van der Waals surface area contributed by atoms with Crippen LogP contribution in [0.15, 0.2) is 46.1 Å². The summed E-state index contributed by atoms with van der Waals surface area (Å²) in [6, 6.07) is 6.55. The average Bonchev–Trinajstić information content (AvgIpc) is 3.48. The van der Waals surface area contributed by atoms with Crippen LogP contribution in [-0.2, 0) is 22.0 Å². The summed E-state index contributed by atoms with van der Waals surface area (Å²) in [5.41, 5.74) is 0.824. The normalized spacial score (nSPS) is 14.8. The van der Waals surface area contributed by atoms with E-state index in [1.807, 2.05) is 13.8 Å². The van der Waals surface area contributed by atoms with Crippen molar-refractivity contribution >= 4 is 26.8 Å². The van der Waals surface area contributed by atoms with Crippen molar-refractivity contribution in [3.8, 4) is 17.2 Å². The van der Waals surface area contributed by atoms with Crippen LogP contribution in [0.1, 0.15) is 31.4 Å². The zero-order valence-corrected chi connectivity index (χ0v) is 21.0. The van der Waals surface area contributed by atoms with Gasteiger partial charge < -0.3 is 18.7 Å². The largest absolute Gasteiger partial charge is 0.495 e. The van der Waals surface area contributed by atoms with E-state index >= 15 is 4.39 Å². The van der Waals surface area contributed by atoms with Gasteiger partial charge in [0, 0.05) is 23.5 Å². The van der Waals surface area contributed by atoms with Crippen molar-refractivity contribution in [1.29, 1.82) is 0 Å². The Morgan fingerprint density at radius 3 is 2.75 bits per heavy atom. The highest BCUT2D eigenvalue weighted by Crippen LogP contribution is 2.46. The lowest BCUT2D eigenvalue weighted by Crippen LogP contribution is -2.28. The molecule has 1 N–H and O–H groups in total. The van der Waals surface area contributed by atoms with Crippen molar-refractivity contribution < 1.29 is 31.5 Å². The van der Waals surface area contributed by atoms with Crippen LogP contribution in [0.2, 0.25) is 0 Å². The molecule has 0 unspecified atom stereocenters. The van der Waals surface area contributed by atoms with Gasteiger partial charge in [-0.05, 0) is 30.0 Å². The molecule has 10 nitrogen and oxygen atoms in total. The number of hydrogen-bond acceptors (Lipinski definition) is 8. The number of aromatic nitrogens is 3. The van der Waals surface area contributed by atoms with Crippen molar-refractivity contribution in [3.05, 3.63) is 53.6 Å². The summed E-state index contributed by atoms with van der Waals surface area (Å²) in [4.78, 5) is -0.166. The predicted molar refractivity (Wildman–Crippen MR) is 129 cm³/mol. The van der Waals surface area contributed by atoms with Crippen LogP contribution in [0.5, 0.6) is 17.2 Å². The van der Waals surface area contributed by atoms with E-state index in [0.29, 0.717) is 6.61 Å². The molecule has 0 atom stereocenters. The Hall–Kier alpha value is -3.80. The van der Waals surface area contributed by atoms with Crippen molar-refractivity contribution in [2.75, 3.05) is 25.5 Å². The molecule has 1 aliphatic heterocycles. The second-order valence-corrected chi connectivity index (χ2v) is 10.7. The number of sulfonamides is 1. The minimum Gasteiger partial charge on any atom is -0.495 e. The van der Waals surface area contributed by atoms with Crippen molar-refractivity contribution in [3.63, 3.8) is 0 Å². The fraction of sp³-hybridized carbons (Fsp3) is 0.333. The lowest BCUT2D eigenvalue weighted by Gasteiger charge is -2.33. The number of hydrogen-bond donors (Lipinski definition) is 1. The lowest BCUT2D eigenvalue weighted by atomic mass is 9.80. The fourth-order valence-corrected chi connectivity index (χ4v) is 5.73. The average molecular weight is 517 g/mol. The SMILES string of the molecule is COc1ccc2c(c1S(=O)(=O)Nc1noc3cc(Cn4cccn4)c(F)c(OC)c13)OCCC2(C)C. The summed E-state index contributed by atoms with van der Waals surface area (Å²) in [5, 5.41) is 8.01. The van der Waals surface area contributed by atoms with Gasteiger partial charge >= 0.3 is 0 Å². The summed E-state index contributed by atoms with van der Waals surface area (Å²) in [5.74, 6) is -0.782. The first-order chi connectivity index (χ1) is 17.2. The Labute approximate surface area is 207 Å². The maximum absolute atomic E-state index is 15.4. The van der Waals surface area contributed by atoms with Crippen LogP contribution in [-0.4, -0.2) is 44.2 Å². The number of halogens is 1. The third-order valence-electron chi connectivity index (χ3n) is 6.33. The van der Waals surface area contributed by atoms with E-state index in [1.54, 1.807) is 30.6 Å². The monoisotopic (exact) mass is 516 g/mol. The maximum Gasteiger partial charge on any atom is 0.270 e. The molecule has 3 heterocycles. The number of rotatable bonds is 7. The van der Waals surface area contributed by atoms with E-state index < -0.39 is 15.8 Å². The molecule has 4 aromatic rings. The molecule has 0 bridgehead atoms. The highest BCUT2D eigenvalue weighted by molar-refractivity contribution is 7.93. The molecule has 5 rings (SSSR count). The first-order valence-electron chi connectivity index (χ1n) is 11.2. The molecule has 0 spiro atoms. The van der Waals surface area contributed by atoms with Crippen LogP contribution in [0.3, 0.4) is 0 Å². The van der Waals surface area contributed by atoms with Crippen molar-refractivity contribution in [2.45, 2.75) is 37.1 Å². The number of ether oxygens (including phenoxy) is 3. The number of fused-ring (bicyclic) bond motifs is 2. The Balaban J connectivity index is 1.61.